The number of rotatable bonds is 3. The average Bonchev–Trinajstić information content (AvgIpc) is 3.49. The van der Waals surface area contributed by atoms with Crippen LogP contribution < -0.4 is 10.2 Å². The summed E-state index contributed by atoms with van der Waals surface area (Å²) in [7, 11) is 0. The molecule has 3 aromatic rings. The van der Waals surface area contributed by atoms with Crippen LogP contribution in [-0.4, -0.2) is 44.6 Å². The van der Waals surface area contributed by atoms with Gasteiger partial charge in [-0.1, -0.05) is 12.2 Å². The van der Waals surface area contributed by atoms with E-state index in [1.54, 1.807) is 18.3 Å². The van der Waals surface area contributed by atoms with Crippen molar-refractivity contribution in [2.45, 2.75) is 31.3 Å². The molecule has 0 bridgehead atoms. The van der Waals surface area contributed by atoms with Crippen LogP contribution >= 0.6 is 0 Å². The summed E-state index contributed by atoms with van der Waals surface area (Å²) < 4.78 is 15.7. The Labute approximate surface area is 183 Å². The number of allylic oxidation sites excluding steroid dienone is 3. The van der Waals surface area contributed by atoms with Gasteiger partial charge in [-0.05, 0) is 42.7 Å². The van der Waals surface area contributed by atoms with E-state index in [1.165, 1.54) is 12.1 Å². The van der Waals surface area contributed by atoms with E-state index in [1.807, 2.05) is 6.20 Å². The normalized spacial score (nSPS) is 22.7. The van der Waals surface area contributed by atoms with Gasteiger partial charge in [-0.25, -0.2) is 14.4 Å². The molecule has 162 valence electrons. The quantitative estimate of drug-likeness (QED) is 0.666. The molecule has 2 N–H and O–H groups in total. The molecule has 2 fully saturated rings. The first kappa shape index (κ1) is 19.2. The fourth-order valence-electron chi connectivity index (χ4n) is 4.93. The zero-order valence-corrected chi connectivity index (χ0v) is 17.3. The number of imidazole rings is 1. The predicted molar refractivity (Wildman–Crippen MR) is 118 cm³/mol. The molecule has 0 radical (unpaired) electrons. The first-order valence-corrected chi connectivity index (χ1v) is 10.8. The van der Waals surface area contributed by atoms with Gasteiger partial charge in [0.2, 0.25) is 5.91 Å². The second kappa shape index (κ2) is 7.27. The fraction of sp³-hybridized carbons (Fsp3) is 0.292. The van der Waals surface area contributed by atoms with Crippen LogP contribution in [-0.2, 0) is 4.79 Å². The molecule has 4 heterocycles. The number of carbonyl (C=O) groups is 1. The Hall–Kier alpha value is -3.52. The van der Waals surface area contributed by atoms with Crippen LogP contribution in [0.25, 0.3) is 16.9 Å². The Balaban J connectivity index is 1.53. The van der Waals surface area contributed by atoms with Gasteiger partial charge in [-0.15, -0.1) is 0 Å². The van der Waals surface area contributed by atoms with E-state index < -0.39 is 0 Å². The molecule has 6 rings (SSSR count). The van der Waals surface area contributed by atoms with E-state index in [-0.39, 0.29) is 23.7 Å². The van der Waals surface area contributed by atoms with Crippen LogP contribution in [0.5, 0.6) is 0 Å². The number of benzene rings is 1. The molecule has 2 aliphatic heterocycles. The number of β-amino-alcohol motifs (C(OH)–C–C–N with tert-alkyl or cyclic N) is 1. The summed E-state index contributed by atoms with van der Waals surface area (Å²) in [5.41, 5.74) is 5.20. The summed E-state index contributed by atoms with van der Waals surface area (Å²) in [6.07, 6.45) is 9.29. The number of carbonyl (C=O) groups excluding carboxylic acids is 1. The maximum atomic E-state index is 13.6. The molecule has 1 aromatic carbocycles. The Bertz CT molecular complexity index is 1290. The van der Waals surface area contributed by atoms with Gasteiger partial charge in [0.1, 0.15) is 5.82 Å². The SMILES string of the molecule is O=C1CC2=CC(c3c(-c4ccc(F)cc4)nc4c(N5CCC(O)C5)nccn34)CC=C2N1. The zero-order valence-electron chi connectivity index (χ0n) is 17.3. The number of nitrogens with one attached hydrogen (secondary N) is 1. The van der Waals surface area contributed by atoms with Crippen molar-refractivity contribution in [2.75, 3.05) is 18.0 Å². The van der Waals surface area contributed by atoms with E-state index in [0.29, 0.717) is 25.0 Å². The van der Waals surface area contributed by atoms with Crippen molar-refractivity contribution < 1.29 is 14.3 Å². The number of hydrogen-bond acceptors (Lipinski definition) is 5. The van der Waals surface area contributed by atoms with Crippen LogP contribution in [0.15, 0.2) is 60.1 Å². The molecule has 2 unspecified atom stereocenters. The third-order valence-corrected chi connectivity index (χ3v) is 6.44. The van der Waals surface area contributed by atoms with Crippen LogP contribution in [0.2, 0.25) is 0 Å². The van der Waals surface area contributed by atoms with E-state index in [2.05, 4.69) is 31.8 Å². The minimum atomic E-state index is -0.373. The molecule has 3 aliphatic rings. The van der Waals surface area contributed by atoms with Gasteiger partial charge in [0.05, 0.1) is 23.9 Å². The summed E-state index contributed by atoms with van der Waals surface area (Å²) >= 11 is 0. The third-order valence-electron chi connectivity index (χ3n) is 6.44. The standard InChI is InChI=1S/C24H22FN5O2/c25-17-4-1-14(2-5-17)21-22(15-3-6-19-16(11-15)12-20(32)27-19)30-10-8-26-23(24(30)28-21)29-9-7-18(31)13-29/h1-2,4-6,8,10-11,15,18,31H,3,7,9,12-13H2,(H,27,32). The van der Waals surface area contributed by atoms with Crippen LogP contribution in [0.1, 0.15) is 30.9 Å². The van der Waals surface area contributed by atoms with Crippen LogP contribution in [0.3, 0.4) is 0 Å². The molecule has 32 heavy (non-hydrogen) atoms. The number of fused-ring (bicyclic) bond motifs is 2. The van der Waals surface area contributed by atoms with Crippen LogP contribution in [0.4, 0.5) is 10.2 Å². The molecule has 8 heteroatoms. The lowest BCUT2D eigenvalue weighted by Crippen LogP contribution is -2.23. The minimum absolute atomic E-state index is 0.0101. The van der Waals surface area contributed by atoms with E-state index in [9.17, 15) is 14.3 Å². The second-order valence-electron chi connectivity index (χ2n) is 8.56. The lowest BCUT2D eigenvalue weighted by Gasteiger charge is -2.20. The molecule has 2 saturated heterocycles. The lowest BCUT2D eigenvalue weighted by atomic mass is 9.89. The van der Waals surface area contributed by atoms with E-state index in [4.69, 9.17) is 4.98 Å². The van der Waals surface area contributed by atoms with Crippen molar-refractivity contribution >= 4 is 17.4 Å². The number of aromatic nitrogens is 3. The second-order valence-corrected chi connectivity index (χ2v) is 8.56. The van der Waals surface area contributed by atoms with Gasteiger partial charge in [0, 0.05) is 42.7 Å². The first-order chi connectivity index (χ1) is 15.6. The molecule has 0 spiro atoms. The first-order valence-electron chi connectivity index (χ1n) is 10.8. The molecule has 1 aliphatic carbocycles. The van der Waals surface area contributed by atoms with Gasteiger partial charge >= 0.3 is 0 Å². The van der Waals surface area contributed by atoms with Crippen LogP contribution in [0, 0.1) is 5.82 Å². The number of hydrogen-bond donors (Lipinski definition) is 2. The topological polar surface area (TPSA) is 82.8 Å². The van der Waals surface area contributed by atoms with Crippen molar-refractivity contribution in [3.8, 4) is 11.3 Å². The number of amides is 1. The highest BCUT2D eigenvalue weighted by atomic mass is 19.1. The van der Waals surface area contributed by atoms with Gasteiger partial charge < -0.3 is 15.3 Å². The van der Waals surface area contributed by atoms with Crippen molar-refractivity contribution in [1.29, 1.82) is 0 Å². The lowest BCUT2D eigenvalue weighted by molar-refractivity contribution is -0.118. The predicted octanol–water partition coefficient (Wildman–Crippen LogP) is 2.92. The summed E-state index contributed by atoms with van der Waals surface area (Å²) in [6.45, 7) is 1.24. The van der Waals surface area contributed by atoms with E-state index >= 15 is 0 Å². The van der Waals surface area contributed by atoms with Crippen molar-refractivity contribution in [1.82, 2.24) is 19.7 Å². The molecular weight excluding hydrogens is 409 g/mol. The largest absolute Gasteiger partial charge is 0.391 e. The summed E-state index contributed by atoms with van der Waals surface area (Å²) in [6, 6.07) is 6.36. The maximum absolute atomic E-state index is 13.6. The Morgan fingerprint density at radius 1 is 1.22 bits per heavy atom. The molecule has 7 nitrogen and oxygen atoms in total. The highest BCUT2D eigenvalue weighted by Crippen LogP contribution is 2.39. The molecule has 0 saturated carbocycles. The van der Waals surface area contributed by atoms with Crippen molar-refractivity contribution in [2.24, 2.45) is 0 Å². The van der Waals surface area contributed by atoms with Gasteiger partial charge in [0.15, 0.2) is 11.5 Å². The molecule has 2 atom stereocenters. The minimum Gasteiger partial charge on any atom is -0.391 e. The highest BCUT2D eigenvalue weighted by molar-refractivity contribution is 5.87. The summed E-state index contributed by atoms with van der Waals surface area (Å²) in [5.74, 6) is 0.460. The average molecular weight is 431 g/mol. The molecular formula is C24H22FN5O2. The number of aliphatic hydroxyl groups is 1. The summed E-state index contributed by atoms with van der Waals surface area (Å²) in [4.78, 5) is 23.5. The maximum Gasteiger partial charge on any atom is 0.228 e. The molecule has 1 amide bonds. The van der Waals surface area contributed by atoms with Crippen molar-refractivity contribution in [3.05, 3.63) is 71.6 Å². The monoisotopic (exact) mass is 431 g/mol. The number of halogens is 1. The number of anilines is 1. The van der Waals surface area contributed by atoms with E-state index in [0.717, 1.165) is 47.0 Å². The fourth-order valence-corrected chi connectivity index (χ4v) is 4.93. The highest BCUT2D eigenvalue weighted by Gasteiger charge is 2.31. The third kappa shape index (κ3) is 3.10. The zero-order chi connectivity index (χ0) is 21.8. The number of aliphatic hydroxyl groups excluding tert-OH is 1. The summed E-state index contributed by atoms with van der Waals surface area (Å²) in [5, 5.41) is 12.9. The Kier molecular flexibility index (Phi) is 4.36. The van der Waals surface area contributed by atoms with Gasteiger partial charge in [0.25, 0.3) is 0 Å². The molecule has 2 aromatic heterocycles. The van der Waals surface area contributed by atoms with Crippen molar-refractivity contribution in [3.63, 3.8) is 0 Å². The number of nitrogens with zero attached hydrogens (tertiary/aromatic N) is 4. The smallest absolute Gasteiger partial charge is 0.228 e. The Morgan fingerprint density at radius 2 is 2.06 bits per heavy atom. The Morgan fingerprint density at radius 3 is 2.84 bits per heavy atom. The van der Waals surface area contributed by atoms with Gasteiger partial charge in [-0.3, -0.25) is 9.20 Å². The van der Waals surface area contributed by atoms with Gasteiger partial charge in [-0.2, -0.15) is 0 Å².